The molecule has 0 N–H and O–H groups in total. The van der Waals surface area contributed by atoms with Crippen molar-refractivity contribution in [2.75, 3.05) is 0 Å². The molecule has 0 spiro atoms. The van der Waals surface area contributed by atoms with Crippen molar-refractivity contribution in [1.82, 2.24) is 19.7 Å². The van der Waals surface area contributed by atoms with Crippen LogP contribution in [-0.2, 0) is 12.8 Å². The lowest BCUT2D eigenvalue weighted by Gasteiger charge is -2.20. The topological polar surface area (TPSA) is 43.6 Å². The number of pyridine rings is 2. The third-order valence-electron chi connectivity index (χ3n) is 5.74. The van der Waals surface area contributed by atoms with Crippen LogP contribution in [0.1, 0.15) is 17.0 Å². The average Bonchev–Trinajstić information content (AvgIpc) is 3.10. The van der Waals surface area contributed by atoms with Crippen molar-refractivity contribution in [3.63, 3.8) is 0 Å². The summed E-state index contributed by atoms with van der Waals surface area (Å²) >= 11 is 0. The van der Waals surface area contributed by atoms with Gasteiger partial charge in [-0.05, 0) is 54.3 Å². The largest absolute Gasteiger partial charge is 0.256 e. The van der Waals surface area contributed by atoms with E-state index in [0.29, 0.717) is 0 Å². The van der Waals surface area contributed by atoms with Gasteiger partial charge in [-0.3, -0.25) is 4.98 Å². The monoisotopic (exact) mass is 362 g/mol. The van der Waals surface area contributed by atoms with Crippen molar-refractivity contribution in [3.8, 4) is 16.9 Å². The second kappa shape index (κ2) is 5.73. The highest BCUT2D eigenvalue weighted by Gasteiger charge is 2.27. The number of aromatic nitrogens is 4. The first-order valence-corrected chi connectivity index (χ1v) is 9.61. The quantitative estimate of drug-likeness (QED) is 0.392. The number of fused-ring (bicyclic) bond motifs is 7. The Labute approximate surface area is 162 Å². The molecule has 0 saturated heterocycles. The maximum atomic E-state index is 4.88. The van der Waals surface area contributed by atoms with E-state index in [1.54, 1.807) is 0 Å². The Balaban J connectivity index is 1.74. The van der Waals surface area contributed by atoms with Gasteiger partial charge in [0.1, 0.15) is 0 Å². The SMILES string of the molecule is Cc1nn(-c2ccccn2)c2c1-c1c(cnc3ccc4ccccc4c13)CC2. The fourth-order valence-corrected chi connectivity index (χ4v) is 4.53. The summed E-state index contributed by atoms with van der Waals surface area (Å²) in [4.78, 5) is 9.30. The van der Waals surface area contributed by atoms with Gasteiger partial charge in [0.15, 0.2) is 5.82 Å². The van der Waals surface area contributed by atoms with Gasteiger partial charge in [-0.15, -0.1) is 0 Å². The van der Waals surface area contributed by atoms with Gasteiger partial charge < -0.3 is 0 Å². The van der Waals surface area contributed by atoms with Crippen LogP contribution in [0.2, 0.25) is 0 Å². The highest BCUT2D eigenvalue weighted by Crippen LogP contribution is 2.42. The summed E-state index contributed by atoms with van der Waals surface area (Å²) in [5, 5.41) is 8.61. The first kappa shape index (κ1) is 15.5. The van der Waals surface area contributed by atoms with E-state index >= 15 is 0 Å². The van der Waals surface area contributed by atoms with Crippen LogP contribution in [0.3, 0.4) is 0 Å². The van der Waals surface area contributed by atoms with E-state index < -0.39 is 0 Å². The minimum absolute atomic E-state index is 0.874. The maximum absolute atomic E-state index is 4.88. The van der Waals surface area contributed by atoms with Crippen LogP contribution in [0.15, 0.2) is 67.0 Å². The summed E-state index contributed by atoms with van der Waals surface area (Å²) < 4.78 is 2.02. The van der Waals surface area contributed by atoms with Gasteiger partial charge in [0.05, 0.1) is 16.9 Å². The summed E-state index contributed by atoms with van der Waals surface area (Å²) in [5.41, 5.74) is 7.17. The van der Waals surface area contributed by atoms with E-state index in [9.17, 15) is 0 Å². The predicted molar refractivity (Wildman–Crippen MR) is 112 cm³/mol. The second-order valence-corrected chi connectivity index (χ2v) is 7.35. The van der Waals surface area contributed by atoms with Gasteiger partial charge in [-0.25, -0.2) is 9.67 Å². The Morgan fingerprint density at radius 1 is 0.857 bits per heavy atom. The summed E-state index contributed by atoms with van der Waals surface area (Å²) in [6.07, 6.45) is 5.78. The van der Waals surface area contributed by atoms with Crippen molar-refractivity contribution in [1.29, 1.82) is 0 Å². The molecular weight excluding hydrogens is 344 g/mol. The average molecular weight is 362 g/mol. The number of hydrogen-bond donors (Lipinski definition) is 0. The molecule has 0 bridgehead atoms. The molecule has 0 atom stereocenters. The number of hydrogen-bond acceptors (Lipinski definition) is 3. The van der Waals surface area contributed by atoms with Crippen LogP contribution in [0.5, 0.6) is 0 Å². The molecule has 1 aliphatic carbocycles. The Morgan fingerprint density at radius 2 is 1.75 bits per heavy atom. The minimum atomic E-state index is 0.874. The number of aryl methyl sites for hydroxylation is 2. The zero-order valence-corrected chi connectivity index (χ0v) is 15.6. The van der Waals surface area contributed by atoms with E-state index in [2.05, 4.69) is 48.3 Å². The Kier molecular flexibility index (Phi) is 3.18. The normalized spacial score (nSPS) is 12.9. The van der Waals surface area contributed by atoms with E-state index in [1.807, 2.05) is 35.3 Å². The first-order chi connectivity index (χ1) is 13.8. The van der Waals surface area contributed by atoms with Crippen LogP contribution in [-0.4, -0.2) is 19.7 Å². The molecule has 134 valence electrons. The lowest BCUT2D eigenvalue weighted by molar-refractivity contribution is 0.757. The minimum Gasteiger partial charge on any atom is -0.256 e. The van der Waals surface area contributed by atoms with Gasteiger partial charge in [-0.1, -0.05) is 36.4 Å². The molecule has 0 aliphatic heterocycles. The van der Waals surface area contributed by atoms with E-state index in [-0.39, 0.29) is 0 Å². The predicted octanol–water partition coefficient (Wildman–Crippen LogP) is 5.04. The van der Waals surface area contributed by atoms with Gasteiger partial charge in [0.25, 0.3) is 0 Å². The highest BCUT2D eigenvalue weighted by atomic mass is 15.3. The Morgan fingerprint density at radius 3 is 2.64 bits per heavy atom. The molecule has 5 aromatic rings. The zero-order chi connectivity index (χ0) is 18.7. The molecule has 0 saturated carbocycles. The second-order valence-electron chi connectivity index (χ2n) is 7.35. The van der Waals surface area contributed by atoms with Crippen molar-refractivity contribution in [2.24, 2.45) is 0 Å². The molecule has 2 aromatic carbocycles. The summed E-state index contributed by atoms with van der Waals surface area (Å²) in [5.74, 6) is 0.874. The molecule has 3 heterocycles. The number of nitrogens with zero attached hydrogens (tertiary/aromatic N) is 4. The van der Waals surface area contributed by atoms with Crippen LogP contribution in [0.4, 0.5) is 0 Å². The summed E-state index contributed by atoms with van der Waals surface area (Å²) in [6.45, 7) is 2.10. The van der Waals surface area contributed by atoms with Crippen LogP contribution >= 0.6 is 0 Å². The highest BCUT2D eigenvalue weighted by molar-refractivity contribution is 6.14. The Hall–Kier alpha value is -3.53. The van der Waals surface area contributed by atoms with Crippen LogP contribution in [0, 0.1) is 6.92 Å². The zero-order valence-electron chi connectivity index (χ0n) is 15.6. The lowest BCUT2D eigenvalue weighted by Crippen LogP contribution is -2.10. The molecule has 4 heteroatoms. The lowest BCUT2D eigenvalue weighted by atomic mass is 9.85. The smallest absolute Gasteiger partial charge is 0.153 e. The molecule has 0 unspecified atom stereocenters. The van der Waals surface area contributed by atoms with Crippen LogP contribution in [0.25, 0.3) is 38.6 Å². The third kappa shape index (κ3) is 2.09. The molecule has 0 radical (unpaired) electrons. The molecular formula is C24H18N4. The van der Waals surface area contributed by atoms with Gasteiger partial charge in [-0.2, -0.15) is 5.10 Å². The van der Waals surface area contributed by atoms with Crippen LogP contribution < -0.4 is 0 Å². The van der Waals surface area contributed by atoms with Crippen molar-refractivity contribution in [3.05, 3.63) is 83.9 Å². The fourth-order valence-electron chi connectivity index (χ4n) is 4.53. The first-order valence-electron chi connectivity index (χ1n) is 9.61. The molecule has 28 heavy (non-hydrogen) atoms. The standard InChI is InChI=1S/C24H18N4/c1-15-22-20(28(27-15)21-8-4-5-13-25-21)12-10-17-14-26-19-11-9-16-6-2-3-7-18(16)24(19)23(17)22/h2-9,11,13-14H,10,12H2,1H3. The van der Waals surface area contributed by atoms with Gasteiger partial charge in [0, 0.05) is 28.9 Å². The molecule has 3 aromatic heterocycles. The molecule has 1 aliphatic rings. The number of benzene rings is 2. The number of rotatable bonds is 1. The molecule has 4 nitrogen and oxygen atoms in total. The molecule has 0 fully saturated rings. The van der Waals surface area contributed by atoms with E-state index in [4.69, 9.17) is 10.1 Å². The van der Waals surface area contributed by atoms with E-state index in [1.165, 1.54) is 38.5 Å². The Bertz CT molecular complexity index is 1370. The fraction of sp³-hybridized carbons (Fsp3) is 0.125. The van der Waals surface area contributed by atoms with Crippen molar-refractivity contribution >= 4 is 21.7 Å². The summed E-state index contributed by atoms with van der Waals surface area (Å²) in [7, 11) is 0. The summed E-state index contributed by atoms with van der Waals surface area (Å²) in [6, 6.07) is 18.8. The maximum Gasteiger partial charge on any atom is 0.153 e. The van der Waals surface area contributed by atoms with Crippen molar-refractivity contribution in [2.45, 2.75) is 19.8 Å². The molecule has 0 amide bonds. The van der Waals surface area contributed by atoms with Crippen molar-refractivity contribution < 1.29 is 0 Å². The van der Waals surface area contributed by atoms with Gasteiger partial charge in [0.2, 0.25) is 0 Å². The van der Waals surface area contributed by atoms with E-state index in [0.717, 1.165) is 29.9 Å². The third-order valence-corrected chi connectivity index (χ3v) is 5.74. The molecule has 6 rings (SSSR count). The van der Waals surface area contributed by atoms with Gasteiger partial charge >= 0.3 is 0 Å².